The maximum absolute atomic E-state index is 13.6. The molecule has 3 rings (SSSR count). The zero-order valence-electron chi connectivity index (χ0n) is 17.1. The molecule has 31 heavy (non-hydrogen) atoms. The first-order valence-electron chi connectivity index (χ1n) is 9.72. The molecule has 166 valence electrons. The molecule has 6 nitrogen and oxygen atoms in total. The molecule has 0 bridgehead atoms. The van der Waals surface area contributed by atoms with E-state index in [-0.39, 0.29) is 30.6 Å². The Kier molecular flexibility index (Phi) is 6.89. The normalized spacial score (nSPS) is 16.5. The SMILES string of the molecule is CCC1CC(C)=C(Nc2nc(=O)c(CF)nn2Cc2cc(F)c(F)c(F)c2)C=C1CO. The minimum absolute atomic E-state index is 0.00851. The van der Waals surface area contributed by atoms with Crippen molar-refractivity contribution in [2.24, 2.45) is 5.92 Å². The van der Waals surface area contributed by atoms with Crippen LogP contribution < -0.4 is 10.9 Å². The highest BCUT2D eigenvalue weighted by atomic mass is 19.2. The average Bonchev–Trinajstić information content (AvgIpc) is 2.74. The van der Waals surface area contributed by atoms with Gasteiger partial charge in [0.15, 0.2) is 23.1 Å². The van der Waals surface area contributed by atoms with Crippen LogP contribution in [0.5, 0.6) is 0 Å². The molecule has 10 heteroatoms. The Morgan fingerprint density at radius 3 is 2.52 bits per heavy atom. The van der Waals surface area contributed by atoms with Crippen molar-refractivity contribution < 1.29 is 22.7 Å². The number of aromatic nitrogens is 3. The van der Waals surface area contributed by atoms with Crippen LogP contribution in [0.15, 0.2) is 39.8 Å². The second-order valence-corrected chi connectivity index (χ2v) is 7.36. The van der Waals surface area contributed by atoms with E-state index in [4.69, 9.17) is 0 Å². The minimum Gasteiger partial charge on any atom is -0.392 e. The Hall–Kier alpha value is -3.01. The van der Waals surface area contributed by atoms with Gasteiger partial charge in [0.05, 0.1) is 13.2 Å². The summed E-state index contributed by atoms with van der Waals surface area (Å²) in [5.74, 6) is -4.26. The number of benzene rings is 1. The van der Waals surface area contributed by atoms with Gasteiger partial charge < -0.3 is 10.4 Å². The highest BCUT2D eigenvalue weighted by Gasteiger charge is 2.21. The van der Waals surface area contributed by atoms with Gasteiger partial charge in [-0.15, -0.1) is 0 Å². The number of alkyl halides is 1. The van der Waals surface area contributed by atoms with Gasteiger partial charge in [-0.3, -0.25) is 4.79 Å². The number of hydrogen-bond acceptors (Lipinski definition) is 5. The van der Waals surface area contributed by atoms with Crippen LogP contribution in [0, 0.1) is 23.4 Å². The summed E-state index contributed by atoms with van der Waals surface area (Å²) < 4.78 is 54.7. The van der Waals surface area contributed by atoms with Crippen LogP contribution in [-0.4, -0.2) is 26.5 Å². The monoisotopic (exact) mass is 438 g/mol. The number of nitrogens with zero attached hydrogens (tertiary/aromatic N) is 3. The Morgan fingerprint density at radius 2 is 1.94 bits per heavy atom. The summed E-state index contributed by atoms with van der Waals surface area (Å²) in [7, 11) is 0. The van der Waals surface area contributed by atoms with Gasteiger partial charge in [0.1, 0.15) is 6.67 Å². The predicted octanol–water partition coefficient (Wildman–Crippen LogP) is 3.61. The minimum atomic E-state index is -1.60. The summed E-state index contributed by atoms with van der Waals surface area (Å²) in [4.78, 5) is 15.9. The fraction of sp³-hybridized carbons (Fsp3) is 0.381. The second-order valence-electron chi connectivity index (χ2n) is 7.36. The lowest BCUT2D eigenvalue weighted by Gasteiger charge is -2.26. The molecule has 1 aliphatic rings. The van der Waals surface area contributed by atoms with Crippen LogP contribution in [0.25, 0.3) is 0 Å². The third-order valence-corrected chi connectivity index (χ3v) is 5.23. The van der Waals surface area contributed by atoms with Crippen molar-refractivity contribution in [1.82, 2.24) is 14.8 Å². The molecule has 0 saturated heterocycles. The van der Waals surface area contributed by atoms with Crippen LogP contribution >= 0.6 is 0 Å². The number of aliphatic hydroxyl groups is 1. The van der Waals surface area contributed by atoms with E-state index in [1.165, 1.54) is 0 Å². The van der Waals surface area contributed by atoms with Crippen LogP contribution in [-0.2, 0) is 13.2 Å². The lowest BCUT2D eigenvalue weighted by atomic mass is 9.85. The molecule has 2 N–H and O–H groups in total. The molecule has 0 saturated carbocycles. The first-order chi connectivity index (χ1) is 14.8. The van der Waals surface area contributed by atoms with Crippen molar-refractivity contribution in [3.63, 3.8) is 0 Å². The van der Waals surface area contributed by atoms with E-state index in [2.05, 4.69) is 15.4 Å². The van der Waals surface area contributed by atoms with Crippen molar-refractivity contribution in [3.8, 4) is 0 Å². The number of nitrogens with one attached hydrogen (secondary N) is 1. The molecule has 0 aliphatic heterocycles. The van der Waals surface area contributed by atoms with Gasteiger partial charge in [-0.05, 0) is 60.6 Å². The van der Waals surface area contributed by atoms with Gasteiger partial charge >= 0.3 is 0 Å². The van der Waals surface area contributed by atoms with E-state index in [1.807, 2.05) is 13.8 Å². The highest BCUT2D eigenvalue weighted by molar-refractivity contribution is 5.46. The zero-order chi connectivity index (χ0) is 22.7. The molecule has 1 aromatic heterocycles. The first-order valence-corrected chi connectivity index (χ1v) is 9.72. The van der Waals surface area contributed by atoms with E-state index in [9.17, 15) is 27.5 Å². The van der Waals surface area contributed by atoms with Crippen LogP contribution in [0.1, 0.15) is 37.9 Å². The van der Waals surface area contributed by atoms with E-state index in [0.717, 1.165) is 34.4 Å². The molecule has 2 aromatic rings. The Labute approximate surface area is 175 Å². The first kappa shape index (κ1) is 22.7. The number of aliphatic hydroxyl groups excluding tert-OH is 1. The molecule has 0 fully saturated rings. The maximum Gasteiger partial charge on any atom is 0.299 e. The molecule has 1 aliphatic carbocycles. The summed E-state index contributed by atoms with van der Waals surface area (Å²) in [5.41, 5.74) is 0.985. The van der Waals surface area contributed by atoms with E-state index < -0.39 is 35.4 Å². The van der Waals surface area contributed by atoms with Gasteiger partial charge in [0.2, 0.25) is 5.95 Å². The molecule has 0 radical (unpaired) electrons. The quantitative estimate of drug-likeness (QED) is 0.510. The maximum atomic E-state index is 13.6. The highest BCUT2D eigenvalue weighted by Crippen LogP contribution is 2.31. The molecule has 1 aromatic carbocycles. The van der Waals surface area contributed by atoms with Crippen molar-refractivity contribution in [2.75, 3.05) is 11.9 Å². The summed E-state index contributed by atoms with van der Waals surface area (Å²) >= 11 is 0. The van der Waals surface area contributed by atoms with Gasteiger partial charge in [-0.1, -0.05) is 6.92 Å². The number of halogens is 4. The fourth-order valence-corrected chi connectivity index (χ4v) is 3.49. The molecule has 1 atom stereocenters. The van der Waals surface area contributed by atoms with Crippen molar-refractivity contribution in [3.05, 3.63) is 74.1 Å². The van der Waals surface area contributed by atoms with Gasteiger partial charge in [0, 0.05) is 5.70 Å². The lowest BCUT2D eigenvalue weighted by Crippen LogP contribution is -2.26. The zero-order valence-corrected chi connectivity index (χ0v) is 17.1. The Bertz CT molecular complexity index is 1090. The van der Waals surface area contributed by atoms with Crippen molar-refractivity contribution in [2.45, 2.75) is 39.9 Å². The Balaban J connectivity index is 2.02. The second kappa shape index (κ2) is 9.42. The third kappa shape index (κ3) is 4.84. The van der Waals surface area contributed by atoms with Crippen LogP contribution in [0.2, 0.25) is 0 Å². The average molecular weight is 438 g/mol. The number of rotatable bonds is 7. The number of allylic oxidation sites excluding steroid dienone is 2. The Morgan fingerprint density at radius 1 is 1.26 bits per heavy atom. The van der Waals surface area contributed by atoms with Gasteiger partial charge in [-0.2, -0.15) is 10.1 Å². The molecule has 1 unspecified atom stereocenters. The van der Waals surface area contributed by atoms with E-state index in [0.29, 0.717) is 12.1 Å². The molecule has 0 amide bonds. The summed E-state index contributed by atoms with van der Waals surface area (Å²) in [6, 6.07) is 1.58. The largest absolute Gasteiger partial charge is 0.392 e. The lowest BCUT2D eigenvalue weighted by molar-refractivity contribution is 0.309. The topological polar surface area (TPSA) is 80.0 Å². The predicted molar refractivity (Wildman–Crippen MR) is 106 cm³/mol. The summed E-state index contributed by atoms with van der Waals surface area (Å²) in [6.07, 6.45) is 3.28. The number of anilines is 1. The van der Waals surface area contributed by atoms with E-state index in [1.54, 1.807) is 6.08 Å². The van der Waals surface area contributed by atoms with E-state index >= 15 is 0 Å². The van der Waals surface area contributed by atoms with Gasteiger partial charge in [-0.25, -0.2) is 22.2 Å². The van der Waals surface area contributed by atoms with Crippen molar-refractivity contribution in [1.29, 1.82) is 0 Å². The summed E-state index contributed by atoms with van der Waals surface area (Å²) in [5, 5.41) is 16.5. The van der Waals surface area contributed by atoms with Gasteiger partial charge in [0.25, 0.3) is 5.56 Å². The molecular weight excluding hydrogens is 416 g/mol. The third-order valence-electron chi connectivity index (χ3n) is 5.23. The van der Waals surface area contributed by atoms with Crippen LogP contribution in [0.3, 0.4) is 0 Å². The van der Waals surface area contributed by atoms with Crippen molar-refractivity contribution >= 4 is 5.95 Å². The molecular formula is C21H22F4N4O2. The fourth-order valence-electron chi connectivity index (χ4n) is 3.49. The number of hydrogen-bond donors (Lipinski definition) is 2. The molecule has 1 heterocycles. The van der Waals surface area contributed by atoms with Crippen LogP contribution in [0.4, 0.5) is 23.5 Å². The summed E-state index contributed by atoms with van der Waals surface area (Å²) in [6.45, 7) is 2.29. The standard InChI is InChI=1S/C21H22F4N4O2/c1-3-13-4-11(2)17(7-14(13)10-30)26-21-27-20(31)18(8-22)28-29(21)9-12-5-15(23)19(25)16(24)6-12/h5-7,13,30H,3-4,8-10H2,1-2H3,(H,26,27,31). The molecule has 0 spiro atoms. The smallest absolute Gasteiger partial charge is 0.299 e.